The molecular weight excluding hydrogens is 234 g/mol. The lowest BCUT2D eigenvalue weighted by atomic mass is 10.3. The zero-order chi connectivity index (χ0) is 12.1. The number of hydrogen-bond donors (Lipinski definition) is 4. The van der Waals surface area contributed by atoms with Crippen molar-refractivity contribution in [3.8, 4) is 0 Å². The van der Waals surface area contributed by atoms with E-state index in [1.165, 1.54) is 0 Å². The van der Waals surface area contributed by atoms with E-state index < -0.39 is 12.1 Å². The van der Waals surface area contributed by atoms with Crippen molar-refractivity contribution in [1.82, 2.24) is 9.97 Å². The van der Waals surface area contributed by atoms with Gasteiger partial charge in [0.05, 0.1) is 12.5 Å². The van der Waals surface area contributed by atoms with Gasteiger partial charge in [0.15, 0.2) is 5.16 Å². The van der Waals surface area contributed by atoms with Gasteiger partial charge in [0.2, 0.25) is 0 Å². The van der Waals surface area contributed by atoms with Crippen molar-refractivity contribution in [3.05, 3.63) is 16.4 Å². The molecule has 1 aromatic rings. The number of aromatic amines is 1. The van der Waals surface area contributed by atoms with Crippen LogP contribution >= 0.6 is 11.8 Å². The lowest BCUT2D eigenvalue weighted by molar-refractivity contribution is -0.138. The summed E-state index contributed by atoms with van der Waals surface area (Å²) in [4.78, 5) is 27.5. The minimum absolute atomic E-state index is 0.0824. The molecule has 0 amide bonds. The summed E-state index contributed by atoms with van der Waals surface area (Å²) in [6, 6.07) is 1.14. The number of carbonyl (C=O) groups is 1. The van der Waals surface area contributed by atoms with Crippen LogP contribution in [0.25, 0.3) is 0 Å². The van der Waals surface area contributed by atoms with E-state index >= 15 is 0 Å². The monoisotopic (exact) mass is 245 g/mol. The number of nitrogen functional groups attached to an aromatic ring is 1. The lowest BCUT2D eigenvalue weighted by Crippen LogP contribution is -2.16. The first kappa shape index (κ1) is 12.5. The van der Waals surface area contributed by atoms with Crippen molar-refractivity contribution in [2.75, 3.05) is 11.5 Å². The molecule has 0 spiro atoms. The predicted molar refractivity (Wildman–Crippen MR) is 58.3 cm³/mol. The van der Waals surface area contributed by atoms with Gasteiger partial charge in [0, 0.05) is 11.8 Å². The summed E-state index contributed by atoms with van der Waals surface area (Å²) in [5.41, 5.74) is 4.96. The summed E-state index contributed by atoms with van der Waals surface area (Å²) >= 11 is 1.04. The van der Waals surface area contributed by atoms with Crippen LogP contribution in [0.4, 0.5) is 5.82 Å². The van der Waals surface area contributed by atoms with Gasteiger partial charge in [0.25, 0.3) is 5.56 Å². The SMILES string of the molecule is Nc1cc(=O)[nH]c(SCC(O)CC(=O)O)n1. The second-order valence-electron chi connectivity index (χ2n) is 3.04. The van der Waals surface area contributed by atoms with Crippen LogP contribution < -0.4 is 11.3 Å². The van der Waals surface area contributed by atoms with Gasteiger partial charge in [-0.1, -0.05) is 11.8 Å². The Balaban J connectivity index is 2.54. The Hall–Kier alpha value is -1.54. The third-order valence-corrected chi connectivity index (χ3v) is 2.58. The molecule has 0 radical (unpaired) electrons. The van der Waals surface area contributed by atoms with E-state index in [1.807, 2.05) is 0 Å². The number of aromatic nitrogens is 2. The van der Waals surface area contributed by atoms with Gasteiger partial charge < -0.3 is 20.9 Å². The molecule has 0 fully saturated rings. The van der Waals surface area contributed by atoms with Crippen molar-refractivity contribution < 1.29 is 15.0 Å². The number of nitrogens with zero attached hydrogens (tertiary/aromatic N) is 1. The number of hydrogen-bond acceptors (Lipinski definition) is 6. The molecule has 1 atom stereocenters. The molecule has 1 rings (SSSR count). The van der Waals surface area contributed by atoms with Crippen LogP contribution in [0.5, 0.6) is 0 Å². The summed E-state index contributed by atoms with van der Waals surface area (Å²) < 4.78 is 0. The number of carboxylic acids is 1. The topological polar surface area (TPSA) is 129 Å². The van der Waals surface area contributed by atoms with Crippen molar-refractivity contribution >= 4 is 23.5 Å². The van der Waals surface area contributed by atoms with Gasteiger partial charge in [-0.2, -0.15) is 0 Å². The summed E-state index contributed by atoms with van der Waals surface area (Å²) in [6.07, 6.45) is -1.34. The minimum Gasteiger partial charge on any atom is -0.481 e. The Labute approximate surface area is 94.7 Å². The van der Waals surface area contributed by atoms with Gasteiger partial charge in [-0.05, 0) is 0 Å². The molecule has 0 aliphatic carbocycles. The number of aliphatic hydroxyl groups is 1. The van der Waals surface area contributed by atoms with Crippen LogP contribution in [-0.4, -0.2) is 38.0 Å². The number of thioether (sulfide) groups is 1. The van der Waals surface area contributed by atoms with E-state index in [-0.39, 0.29) is 28.7 Å². The number of nitrogens with one attached hydrogen (secondary N) is 1. The number of anilines is 1. The van der Waals surface area contributed by atoms with Crippen LogP contribution in [0.1, 0.15) is 6.42 Å². The average molecular weight is 245 g/mol. The molecule has 88 valence electrons. The zero-order valence-electron chi connectivity index (χ0n) is 8.21. The Morgan fingerprint density at radius 1 is 1.69 bits per heavy atom. The molecule has 0 aliphatic heterocycles. The van der Waals surface area contributed by atoms with Crippen molar-refractivity contribution in [1.29, 1.82) is 0 Å². The maximum atomic E-state index is 11.0. The van der Waals surface area contributed by atoms with Crippen molar-refractivity contribution in [2.45, 2.75) is 17.7 Å². The number of aliphatic carboxylic acids is 1. The Kier molecular flexibility index (Phi) is 4.32. The van der Waals surface area contributed by atoms with Gasteiger partial charge in [0.1, 0.15) is 5.82 Å². The fourth-order valence-corrected chi connectivity index (χ4v) is 1.77. The molecule has 0 saturated heterocycles. The first-order chi connectivity index (χ1) is 7.47. The second kappa shape index (κ2) is 5.52. The van der Waals surface area contributed by atoms with Crippen LogP contribution in [0.2, 0.25) is 0 Å². The highest BCUT2D eigenvalue weighted by Crippen LogP contribution is 2.14. The quantitative estimate of drug-likeness (QED) is 0.398. The zero-order valence-corrected chi connectivity index (χ0v) is 9.03. The molecule has 5 N–H and O–H groups in total. The lowest BCUT2D eigenvalue weighted by Gasteiger charge is -2.06. The molecule has 16 heavy (non-hydrogen) atoms. The fraction of sp³-hybridized carbons (Fsp3) is 0.375. The molecule has 0 aromatic carbocycles. The number of rotatable bonds is 5. The van der Waals surface area contributed by atoms with E-state index in [2.05, 4.69) is 9.97 Å². The summed E-state index contributed by atoms with van der Waals surface area (Å²) in [7, 11) is 0. The third-order valence-electron chi connectivity index (χ3n) is 1.56. The number of nitrogens with two attached hydrogens (primary N) is 1. The van der Waals surface area contributed by atoms with E-state index in [0.29, 0.717) is 0 Å². The highest BCUT2D eigenvalue weighted by molar-refractivity contribution is 7.99. The molecule has 1 heterocycles. The van der Waals surface area contributed by atoms with Crippen molar-refractivity contribution in [2.24, 2.45) is 0 Å². The summed E-state index contributed by atoms with van der Waals surface area (Å²) in [5.74, 6) is -0.875. The van der Waals surface area contributed by atoms with Gasteiger partial charge >= 0.3 is 5.97 Å². The third kappa shape index (κ3) is 4.32. The molecule has 1 aromatic heterocycles. The summed E-state index contributed by atoms with van der Waals surface area (Å²) in [6.45, 7) is 0. The maximum Gasteiger partial charge on any atom is 0.306 e. The van der Waals surface area contributed by atoms with Crippen LogP contribution in [-0.2, 0) is 4.79 Å². The highest BCUT2D eigenvalue weighted by atomic mass is 32.2. The number of aliphatic hydroxyl groups excluding tert-OH is 1. The minimum atomic E-state index is -1.08. The first-order valence-corrected chi connectivity index (χ1v) is 5.35. The predicted octanol–water partition coefficient (Wildman–Crippen LogP) is -0.720. The van der Waals surface area contributed by atoms with E-state index in [9.17, 15) is 14.7 Å². The largest absolute Gasteiger partial charge is 0.481 e. The van der Waals surface area contributed by atoms with E-state index in [1.54, 1.807) is 0 Å². The van der Waals surface area contributed by atoms with Crippen LogP contribution in [0.15, 0.2) is 16.0 Å². The van der Waals surface area contributed by atoms with Crippen LogP contribution in [0, 0.1) is 0 Å². The van der Waals surface area contributed by atoms with Gasteiger partial charge in [-0.3, -0.25) is 9.59 Å². The Morgan fingerprint density at radius 2 is 2.38 bits per heavy atom. The van der Waals surface area contributed by atoms with Crippen LogP contribution in [0.3, 0.4) is 0 Å². The van der Waals surface area contributed by atoms with Gasteiger partial charge in [-0.25, -0.2) is 4.98 Å². The normalized spacial score (nSPS) is 12.3. The molecular formula is C8H11N3O4S. The molecule has 8 heteroatoms. The maximum absolute atomic E-state index is 11.0. The number of H-pyrrole nitrogens is 1. The molecule has 0 aliphatic rings. The van der Waals surface area contributed by atoms with Crippen molar-refractivity contribution in [3.63, 3.8) is 0 Å². The van der Waals surface area contributed by atoms with Gasteiger partial charge in [-0.15, -0.1) is 0 Å². The van der Waals surface area contributed by atoms with E-state index in [4.69, 9.17) is 10.8 Å². The Morgan fingerprint density at radius 3 is 2.94 bits per heavy atom. The highest BCUT2D eigenvalue weighted by Gasteiger charge is 2.10. The smallest absolute Gasteiger partial charge is 0.306 e. The average Bonchev–Trinajstić information content (AvgIpc) is 2.12. The molecule has 0 saturated carbocycles. The fourth-order valence-electron chi connectivity index (χ4n) is 0.957. The molecule has 1 unspecified atom stereocenters. The molecule has 0 bridgehead atoms. The number of carboxylic acid groups (broad SMARTS) is 1. The molecule has 7 nitrogen and oxygen atoms in total. The standard InChI is InChI=1S/C8H11N3O4S/c9-5-2-6(13)11-8(10-5)16-3-4(12)1-7(14)15/h2,4,12H,1,3H2,(H,14,15)(H3,9,10,11,13). The first-order valence-electron chi connectivity index (χ1n) is 4.37. The second-order valence-corrected chi connectivity index (χ2v) is 4.05. The Bertz CT molecular complexity index is 434. The summed E-state index contributed by atoms with van der Waals surface area (Å²) in [5, 5.41) is 17.9. The van der Waals surface area contributed by atoms with E-state index in [0.717, 1.165) is 17.8 Å².